The summed E-state index contributed by atoms with van der Waals surface area (Å²) in [6.07, 6.45) is 56.7. The summed E-state index contributed by atoms with van der Waals surface area (Å²) >= 11 is 0. The number of carbonyl (C=O) groups excluding carboxylic acids is 4. The Kier molecular flexibility index (Phi) is 63.4. The molecular formula is C71H134O17P2. The number of allylic oxidation sites excluding steroid dienone is 4. The Morgan fingerprint density at radius 2 is 0.533 bits per heavy atom. The van der Waals surface area contributed by atoms with Crippen LogP contribution in [-0.2, 0) is 65.4 Å². The van der Waals surface area contributed by atoms with E-state index in [0.29, 0.717) is 25.7 Å². The van der Waals surface area contributed by atoms with Gasteiger partial charge in [0, 0.05) is 25.7 Å². The van der Waals surface area contributed by atoms with E-state index in [1.165, 1.54) is 154 Å². The number of unbranched alkanes of at least 4 members (excludes halogenated alkanes) is 41. The van der Waals surface area contributed by atoms with E-state index in [1.807, 2.05) is 0 Å². The summed E-state index contributed by atoms with van der Waals surface area (Å²) in [5.41, 5.74) is 0. The second-order valence-electron chi connectivity index (χ2n) is 24.9. The van der Waals surface area contributed by atoms with Gasteiger partial charge in [-0.15, -0.1) is 0 Å². The number of hydrogen-bond donors (Lipinski definition) is 3. The first-order valence-electron chi connectivity index (χ1n) is 36.6. The van der Waals surface area contributed by atoms with Crippen LogP contribution in [0.3, 0.4) is 0 Å². The molecule has 19 heteroatoms. The summed E-state index contributed by atoms with van der Waals surface area (Å²) in [6.45, 7) is 4.80. The van der Waals surface area contributed by atoms with Gasteiger partial charge in [-0.3, -0.25) is 37.3 Å². The third-order valence-corrected chi connectivity index (χ3v) is 17.9. The van der Waals surface area contributed by atoms with Crippen LogP contribution in [0, 0.1) is 0 Å². The van der Waals surface area contributed by atoms with Crippen LogP contribution >= 0.6 is 15.6 Å². The SMILES string of the molecule is CCCCCC/C=C\C=C/CCCCCCCC(=O)OC[C@H](COP(=O)(O)OC[C@@H](O)COP(=O)(O)OC[C@@H](COC(=O)CCCCCCC)OC(=O)CCCCCCCCCCCCCC)OC(=O)CCCCCCCCCCCCCCCCCCCC. The highest BCUT2D eigenvalue weighted by Crippen LogP contribution is 2.45. The number of hydrogen-bond acceptors (Lipinski definition) is 15. The van der Waals surface area contributed by atoms with Crippen LogP contribution in [0.15, 0.2) is 24.3 Å². The molecule has 5 atom stereocenters. The predicted molar refractivity (Wildman–Crippen MR) is 363 cm³/mol. The van der Waals surface area contributed by atoms with Gasteiger partial charge in [-0.1, -0.05) is 296 Å². The van der Waals surface area contributed by atoms with E-state index in [4.69, 9.17) is 37.0 Å². The summed E-state index contributed by atoms with van der Waals surface area (Å²) in [5.74, 6) is -2.16. The molecule has 3 N–H and O–H groups in total. The summed E-state index contributed by atoms with van der Waals surface area (Å²) in [5, 5.41) is 10.6. The molecule has 90 heavy (non-hydrogen) atoms. The molecule has 0 amide bonds. The molecule has 0 radical (unpaired) electrons. The quantitative estimate of drug-likeness (QED) is 0.0169. The van der Waals surface area contributed by atoms with Crippen molar-refractivity contribution in [3.8, 4) is 0 Å². The van der Waals surface area contributed by atoms with Gasteiger partial charge >= 0.3 is 39.5 Å². The first-order valence-corrected chi connectivity index (χ1v) is 39.6. The molecule has 0 rings (SSSR count). The van der Waals surface area contributed by atoms with E-state index in [-0.39, 0.29) is 25.7 Å². The predicted octanol–water partition coefficient (Wildman–Crippen LogP) is 20.2. The van der Waals surface area contributed by atoms with E-state index < -0.39 is 97.5 Å². The van der Waals surface area contributed by atoms with Gasteiger partial charge in [0.25, 0.3) is 0 Å². The van der Waals surface area contributed by atoms with Crippen LogP contribution in [0.1, 0.15) is 349 Å². The highest BCUT2D eigenvalue weighted by Gasteiger charge is 2.30. The number of carbonyl (C=O) groups is 4. The maximum absolute atomic E-state index is 13.0. The first kappa shape index (κ1) is 87.5. The number of esters is 4. The van der Waals surface area contributed by atoms with Gasteiger partial charge < -0.3 is 33.8 Å². The Morgan fingerprint density at radius 1 is 0.311 bits per heavy atom. The molecule has 17 nitrogen and oxygen atoms in total. The third kappa shape index (κ3) is 64.3. The average molecular weight is 1320 g/mol. The average Bonchev–Trinajstić information content (AvgIpc) is 3.66. The third-order valence-electron chi connectivity index (χ3n) is 16.0. The molecule has 530 valence electrons. The van der Waals surface area contributed by atoms with Gasteiger partial charge in [0.2, 0.25) is 0 Å². The Labute approximate surface area is 548 Å². The first-order chi connectivity index (χ1) is 43.7. The molecule has 0 aliphatic rings. The molecule has 2 unspecified atom stereocenters. The summed E-state index contributed by atoms with van der Waals surface area (Å²) < 4.78 is 68.1. The van der Waals surface area contributed by atoms with Crippen LogP contribution in [0.5, 0.6) is 0 Å². The number of phosphoric acid groups is 2. The smallest absolute Gasteiger partial charge is 0.462 e. The Bertz CT molecular complexity index is 1820. The Hall–Kier alpha value is -2.46. The van der Waals surface area contributed by atoms with Crippen molar-refractivity contribution in [1.29, 1.82) is 0 Å². The van der Waals surface area contributed by atoms with Crippen molar-refractivity contribution in [3.05, 3.63) is 24.3 Å². The molecule has 0 aromatic rings. The lowest BCUT2D eigenvalue weighted by atomic mass is 10.0. The standard InChI is InChI=1S/C71H134O17P2/c1-5-9-13-17-20-23-26-29-31-32-33-35-37-40-43-46-50-54-58-71(76)88-67(62-82-69(74)56-52-48-44-41-39-36-34-30-27-24-21-18-14-10-6-2)64-86-90(79,80)84-60-65(72)59-83-89(77,78)85-63-66(61-81-68(73)55-51-47-16-12-8-4)87-70(75)57-53-49-45-42-38-28-25-22-19-15-11-7-3/h24,27,30,34,65-67,72H,5-23,25-26,28-29,31-33,35-64H2,1-4H3,(H,77,78)(H,79,80)/b27-24-,34-30-/t65-,66+,67+/m0/s1. The molecule has 0 aliphatic heterocycles. The largest absolute Gasteiger partial charge is 0.472 e. The van der Waals surface area contributed by atoms with Crippen molar-refractivity contribution >= 4 is 39.5 Å². The number of aliphatic hydroxyl groups excluding tert-OH is 1. The topological polar surface area (TPSA) is 237 Å². The minimum Gasteiger partial charge on any atom is -0.462 e. The van der Waals surface area contributed by atoms with E-state index in [9.17, 15) is 43.2 Å². The van der Waals surface area contributed by atoms with Crippen molar-refractivity contribution in [2.75, 3.05) is 39.6 Å². The van der Waals surface area contributed by atoms with E-state index in [2.05, 4.69) is 52.0 Å². The molecule has 0 aromatic heterocycles. The molecule has 0 heterocycles. The van der Waals surface area contributed by atoms with Crippen LogP contribution in [0.2, 0.25) is 0 Å². The number of ether oxygens (including phenoxy) is 4. The number of aliphatic hydroxyl groups is 1. The van der Waals surface area contributed by atoms with Crippen molar-refractivity contribution < 1.29 is 80.2 Å². The number of rotatable bonds is 70. The fourth-order valence-corrected chi connectivity index (χ4v) is 11.9. The molecule has 0 spiro atoms. The minimum atomic E-state index is -4.96. The van der Waals surface area contributed by atoms with Crippen molar-refractivity contribution in [1.82, 2.24) is 0 Å². The monoisotopic (exact) mass is 1320 g/mol. The lowest BCUT2D eigenvalue weighted by molar-refractivity contribution is -0.161. The van der Waals surface area contributed by atoms with Crippen LogP contribution in [0.4, 0.5) is 0 Å². The fraction of sp³-hybridized carbons (Fsp3) is 0.887. The molecule has 0 saturated heterocycles. The van der Waals surface area contributed by atoms with E-state index in [0.717, 1.165) is 116 Å². The van der Waals surface area contributed by atoms with Crippen molar-refractivity contribution in [2.45, 2.75) is 367 Å². The van der Waals surface area contributed by atoms with Crippen molar-refractivity contribution in [3.63, 3.8) is 0 Å². The van der Waals surface area contributed by atoms with Crippen LogP contribution < -0.4 is 0 Å². The molecule has 0 bridgehead atoms. The normalized spacial score (nSPS) is 14.2. The van der Waals surface area contributed by atoms with Gasteiger partial charge in [0.1, 0.15) is 19.3 Å². The highest BCUT2D eigenvalue weighted by atomic mass is 31.2. The van der Waals surface area contributed by atoms with Crippen LogP contribution in [0.25, 0.3) is 0 Å². The second-order valence-corrected chi connectivity index (χ2v) is 27.8. The second kappa shape index (κ2) is 65.2. The Balaban J connectivity index is 5.18. The summed E-state index contributed by atoms with van der Waals surface area (Å²) in [4.78, 5) is 72.3. The molecule has 0 aliphatic carbocycles. The molecular weight excluding hydrogens is 1190 g/mol. The zero-order chi connectivity index (χ0) is 66.1. The van der Waals surface area contributed by atoms with Gasteiger partial charge in [-0.05, 0) is 51.4 Å². The van der Waals surface area contributed by atoms with E-state index in [1.54, 1.807) is 0 Å². The minimum absolute atomic E-state index is 0.102. The van der Waals surface area contributed by atoms with Crippen LogP contribution in [-0.4, -0.2) is 96.7 Å². The maximum atomic E-state index is 13.0. The van der Waals surface area contributed by atoms with Gasteiger partial charge in [0.05, 0.1) is 26.4 Å². The van der Waals surface area contributed by atoms with Gasteiger partial charge in [-0.25, -0.2) is 9.13 Å². The van der Waals surface area contributed by atoms with E-state index >= 15 is 0 Å². The van der Waals surface area contributed by atoms with Gasteiger partial charge in [0.15, 0.2) is 12.2 Å². The lowest BCUT2D eigenvalue weighted by Crippen LogP contribution is -2.30. The molecule has 0 saturated carbocycles. The zero-order valence-corrected chi connectivity index (χ0v) is 59.4. The number of phosphoric ester groups is 2. The highest BCUT2D eigenvalue weighted by molar-refractivity contribution is 7.47. The van der Waals surface area contributed by atoms with Gasteiger partial charge in [-0.2, -0.15) is 0 Å². The maximum Gasteiger partial charge on any atom is 0.472 e. The fourth-order valence-electron chi connectivity index (χ4n) is 10.3. The zero-order valence-electron chi connectivity index (χ0n) is 57.6. The summed E-state index contributed by atoms with van der Waals surface area (Å²) in [6, 6.07) is 0. The lowest BCUT2D eigenvalue weighted by Gasteiger charge is -2.21. The summed E-state index contributed by atoms with van der Waals surface area (Å²) in [7, 11) is -9.90. The van der Waals surface area contributed by atoms with Crippen molar-refractivity contribution in [2.24, 2.45) is 0 Å². The Morgan fingerprint density at radius 3 is 0.811 bits per heavy atom. The molecule has 0 aromatic carbocycles. The molecule has 0 fully saturated rings.